The second kappa shape index (κ2) is 6.77. The fourth-order valence-corrected chi connectivity index (χ4v) is 2.62. The summed E-state index contributed by atoms with van der Waals surface area (Å²) in [6, 6.07) is 17.6. The minimum absolute atomic E-state index is 0.0122. The van der Waals surface area contributed by atoms with E-state index in [1.54, 1.807) is 0 Å². The van der Waals surface area contributed by atoms with Crippen molar-refractivity contribution in [3.8, 4) is 0 Å². The van der Waals surface area contributed by atoms with Crippen LogP contribution in [0.2, 0.25) is 5.02 Å². The second-order valence-electron chi connectivity index (χ2n) is 5.90. The Balaban J connectivity index is 1.95. The van der Waals surface area contributed by atoms with Crippen LogP contribution in [-0.2, 0) is 17.6 Å². The first-order chi connectivity index (χ1) is 9.94. The summed E-state index contributed by atoms with van der Waals surface area (Å²) >= 11 is 5.94. The maximum atomic E-state index is 12.2. The Morgan fingerprint density at radius 1 is 1.05 bits per heavy atom. The predicted molar refractivity (Wildman–Crippen MR) is 87.5 cm³/mol. The topological polar surface area (TPSA) is 29.1 Å². The van der Waals surface area contributed by atoms with Gasteiger partial charge in [0, 0.05) is 10.6 Å². The van der Waals surface area contributed by atoms with Gasteiger partial charge in [-0.05, 0) is 43.5 Å². The zero-order chi connectivity index (χ0) is 15.3. The lowest BCUT2D eigenvalue weighted by atomic mass is 9.94. The summed E-state index contributed by atoms with van der Waals surface area (Å²) in [4.78, 5) is 12.2. The molecule has 1 amide bonds. The van der Waals surface area contributed by atoms with Crippen LogP contribution in [0.4, 0.5) is 0 Å². The lowest BCUT2D eigenvalue weighted by Gasteiger charge is -2.26. The standard InChI is InChI=1S/C18H20ClNO/c1-18(2,13-14-7-4-3-5-8-14)20-17(21)12-15-9-6-10-16(19)11-15/h3-11H,12-13H2,1-2H3,(H,20,21). The summed E-state index contributed by atoms with van der Waals surface area (Å²) in [7, 11) is 0. The van der Waals surface area contributed by atoms with Gasteiger partial charge in [-0.1, -0.05) is 54.1 Å². The lowest BCUT2D eigenvalue weighted by molar-refractivity contribution is -0.122. The predicted octanol–water partition coefficient (Wildman–Crippen LogP) is 4.02. The van der Waals surface area contributed by atoms with E-state index in [4.69, 9.17) is 11.6 Å². The average Bonchev–Trinajstić information content (AvgIpc) is 2.38. The first-order valence-corrected chi connectivity index (χ1v) is 7.42. The van der Waals surface area contributed by atoms with Gasteiger partial charge in [0.15, 0.2) is 0 Å². The monoisotopic (exact) mass is 301 g/mol. The van der Waals surface area contributed by atoms with Crippen molar-refractivity contribution in [1.82, 2.24) is 5.32 Å². The molecule has 0 atom stereocenters. The number of halogens is 1. The van der Waals surface area contributed by atoms with Gasteiger partial charge in [0.05, 0.1) is 6.42 Å². The van der Waals surface area contributed by atoms with Gasteiger partial charge in [0.2, 0.25) is 5.91 Å². The molecule has 0 spiro atoms. The van der Waals surface area contributed by atoms with Crippen molar-refractivity contribution in [1.29, 1.82) is 0 Å². The zero-order valence-electron chi connectivity index (χ0n) is 12.4. The van der Waals surface area contributed by atoms with Crippen LogP contribution in [-0.4, -0.2) is 11.4 Å². The van der Waals surface area contributed by atoms with Crippen LogP contribution >= 0.6 is 11.6 Å². The second-order valence-corrected chi connectivity index (χ2v) is 6.34. The molecule has 0 saturated carbocycles. The van der Waals surface area contributed by atoms with Crippen molar-refractivity contribution in [3.63, 3.8) is 0 Å². The highest BCUT2D eigenvalue weighted by molar-refractivity contribution is 6.30. The normalized spacial score (nSPS) is 11.2. The molecule has 0 radical (unpaired) electrons. The van der Waals surface area contributed by atoms with Crippen molar-refractivity contribution >= 4 is 17.5 Å². The molecular weight excluding hydrogens is 282 g/mol. The number of carbonyl (C=O) groups excluding carboxylic acids is 1. The molecule has 1 N–H and O–H groups in total. The Bertz CT molecular complexity index is 608. The van der Waals surface area contributed by atoms with Gasteiger partial charge in [-0.3, -0.25) is 4.79 Å². The molecule has 0 unspecified atom stereocenters. The molecule has 0 fully saturated rings. The molecule has 3 heteroatoms. The summed E-state index contributed by atoms with van der Waals surface area (Å²) < 4.78 is 0. The summed E-state index contributed by atoms with van der Waals surface area (Å²) in [5.74, 6) is 0.0122. The van der Waals surface area contributed by atoms with E-state index in [-0.39, 0.29) is 11.4 Å². The molecule has 21 heavy (non-hydrogen) atoms. The molecule has 110 valence electrons. The Morgan fingerprint density at radius 3 is 2.38 bits per heavy atom. The van der Waals surface area contributed by atoms with E-state index in [0.717, 1.165) is 12.0 Å². The van der Waals surface area contributed by atoms with Crippen LogP contribution in [0.5, 0.6) is 0 Å². The Kier molecular flexibility index (Phi) is 5.03. The van der Waals surface area contributed by atoms with E-state index in [9.17, 15) is 4.79 Å². The number of carbonyl (C=O) groups is 1. The van der Waals surface area contributed by atoms with Crippen LogP contribution in [0.1, 0.15) is 25.0 Å². The molecule has 0 bridgehead atoms. The lowest BCUT2D eigenvalue weighted by Crippen LogP contribution is -2.45. The first kappa shape index (κ1) is 15.6. The quantitative estimate of drug-likeness (QED) is 0.888. The molecule has 2 aromatic carbocycles. The van der Waals surface area contributed by atoms with E-state index in [2.05, 4.69) is 17.4 Å². The number of hydrogen-bond donors (Lipinski definition) is 1. The number of nitrogens with one attached hydrogen (secondary N) is 1. The third-order valence-electron chi connectivity index (χ3n) is 3.22. The largest absolute Gasteiger partial charge is 0.351 e. The van der Waals surface area contributed by atoms with E-state index in [1.165, 1.54) is 5.56 Å². The summed E-state index contributed by atoms with van der Waals surface area (Å²) in [5.41, 5.74) is 1.86. The maximum absolute atomic E-state index is 12.2. The molecular formula is C18H20ClNO. The smallest absolute Gasteiger partial charge is 0.224 e. The Labute approximate surface area is 131 Å². The van der Waals surface area contributed by atoms with Crippen LogP contribution in [0, 0.1) is 0 Å². The minimum Gasteiger partial charge on any atom is -0.351 e. The van der Waals surface area contributed by atoms with Crippen molar-refractivity contribution < 1.29 is 4.79 Å². The molecule has 0 heterocycles. The molecule has 2 aromatic rings. The van der Waals surface area contributed by atoms with Crippen LogP contribution in [0.15, 0.2) is 54.6 Å². The van der Waals surface area contributed by atoms with Crippen molar-refractivity contribution in [2.75, 3.05) is 0 Å². The highest BCUT2D eigenvalue weighted by Crippen LogP contribution is 2.14. The fraction of sp³-hybridized carbons (Fsp3) is 0.278. The number of amides is 1. The highest BCUT2D eigenvalue weighted by Gasteiger charge is 2.20. The Morgan fingerprint density at radius 2 is 1.71 bits per heavy atom. The van der Waals surface area contributed by atoms with Gasteiger partial charge in [-0.25, -0.2) is 0 Å². The molecule has 0 aliphatic carbocycles. The van der Waals surface area contributed by atoms with E-state index >= 15 is 0 Å². The molecule has 0 aliphatic rings. The third kappa shape index (κ3) is 5.24. The van der Waals surface area contributed by atoms with E-state index in [1.807, 2.05) is 56.3 Å². The van der Waals surface area contributed by atoms with Gasteiger partial charge >= 0.3 is 0 Å². The van der Waals surface area contributed by atoms with E-state index < -0.39 is 0 Å². The zero-order valence-corrected chi connectivity index (χ0v) is 13.2. The minimum atomic E-state index is -0.281. The summed E-state index contributed by atoms with van der Waals surface area (Å²) in [6.45, 7) is 4.08. The van der Waals surface area contributed by atoms with E-state index in [0.29, 0.717) is 11.4 Å². The molecule has 0 saturated heterocycles. The first-order valence-electron chi connectivity index (χ1n) is 7.04. The van der Waals surface area contributed by atoms with Crippen molar-refractivity contribution in [3.05, 3.63) is 70.7 Å². The number of rotatable bonds is 5. The SMILES string of the molecule is CC(C)(Cc1ccccc1)NC(=O)Cc1cccc(Cl)c1. The molecule has 2 rings (SSSR count). The van der Waals surface area contributed by atoms with Gasteiger partial charge in [0.25, 0.3) is 0 Å². The average molecular weight is 302 g/mol. The fourth-order valence-electron chi connectivity index (χ4n) is 2.40. The van der Waals surface area contributed by atoms with Crippen LogP contribution in [0.3, 0.4) is 0 Å². The van der Waals surface area contributed by atoms with Crippen molar-refractivity contribution in [2.45, 2.75) is 32.2 Å². The maximum Gasteiger partial charge on any atom is 0.224 e. The molecule has 0 aromatic heterocycles. The van der Waals surface area contributed by atoms with Crippen LogP contribution in [0.25, 0.3) is 0 Å². The van der Waals surface area contributed by atoms with Gasteiger partial charge < -0.3 is 5.32 Å². The van der Waals surface area contributed by atoms with Crippen LogP contribution < -0.4 is 5.32 Å². The number of hydrogen-bond acceptors (Lipinski definition) is 1. The van der Waals surface area contributed by atoms with Crippen molar-refractivity contribution in [2.24, 2.45) is 0 Å². The Hall–Kier alpha value is -1.80. The van der Waals surface area contributed by atoms with Gasteiger partial charge in [-0.15, -0.1) is 0 Å². The third-order valence-corrected chi connectivity index (χ3v) is 3.46. The van der Waals surface area contributed by atoms with Gasteiger partial charge in [-0.2, -0.15) is 0 Å². The molecule has 2 nitrogen and oxygen atoms in total. The summed E-state index contributed by atoms with van der Waals surface area (Å²) in [6.07, 6.45) is 1.15. The van der Waals surface area contributed by atoms with Gasteiger partial charge in [0.1, 0.15) is 0 Å². The highest BCUT2D eigenvalue weighted by atomic mass is 35.5. The number of benzene rings is 2. The molecule has 0 aliphatic heterocycles. The summed E-state index contributed by atoms with van der Waals surface area (Å²) in [5, 5.41) is 3.75.